The Kier molecular flexibility index (Phi) is 9.25. The minimum Gasteiger partial charge on any atom is -0.491 e. The molecule has 0 aliphatic rings. The summed E-state index contributed by atoms with van der Waals surface area (Å²) in [5, 5.41) is 5.53. The van der Waals surface area contributed by atoms with E-state index in [1.807, 2.05) is 39.0 Å². The summed E-state index contributed by atoms with van der Waals surface area (Å²) >= 11 is 0. The maximum atomic E-state index is 12.6. The van der Waals surface area contributed by atoms with E-state index in [-0.39, 0.29) is 11.9 Å². The summed E-state index contributed by atoms with van der Waals surface area (Å²) in [5.74, 6) is 0.548. The minimum absolute atomic E-state index is 0.229. The number of carbonyl (C=O) groups is 2. The molecular formula is C21H35N3O4. The van der Waals surface area contributed by atoms with E-state index in [1.165, 1.54) is 0 Å². The summed E-state index contributed by atoms with van der Waals surface area (Å²) in [6, 6.07) is 5.01. The second kappa shape index (κ2) is 10.9. The molecule has 0 fully saturated rings. The zero-order valence-electron chi connectivity index (χ0n) is 17.9. The molecule has 0 saturated heterocycles. The van der Waals surface area contributed by atoms with Crippen molar-refractivity contribution in [2.45, 2.75) is 72.1 Å². The smallest absolute Gasteiger partial charge is 0.408 e. The molecule has 7 heteroatoms. The molecule has 28 heavy (non-hydrogen) atoms. The fraction of sp³-hybridized carbons (Fsp3) is 0.619. The molecule has 0 aliphatic carbocycles. The van der Waals surface area contributed by atoms with Crippen molar-refractivity contribution in [3.63, 3.8) is 0 Å². The van der Waals surface area contributed by atoms with Gasteiger partial charge < -0.3 is 25.8 Å². The average Bonchev–Trinajstić information content (AvgIpc) is 2.56. The van der Waals surface area contributed by atoms with Gasteiger partial charge in [-0.1, -0.05) is 18.2 Å². The van der Waals surface area contributed by atoms with Crippen LogP contribution in [0.2, 0.25) is 0 Å². The van der Waals surface area contributed by atoms with Crippen LogP contribution in [0.3, 0.4) is 0 Å². The Balaban J connectivity index is 2.63. The molecule has 0 aliphatic heterocycles. The molecule has 0 saturated carbocycles. The predicted molar refractivity (Wildman–Crippen MR) is 110 cm³/mol. The molecule has 4 N–H and O–H groups in total. The monoisotopic (exact) mass is 393 g/mol. The first-order chi connectivity index (χ1) is 13.0. The zero-order chi connectivity index (χ0) is 21.3. The van der Waals surface area contributed by atoms with E-state index >= 15 is 0 Å². The van der Waals surface area contributed by atoms with Gasteiger partial charge in [-0.2, -0.15) is 0 Å². The lowest BCUT2D eigenvalue weighted by molar-refractivity contribution is -0.124. The van der Waals surface area contributed by atoms with Gasteiger partial charge in [-0.05, 0) is 72.1 Å². The Labute approximate surface area is 168 Å². The van der Waals surface area contributed by atoms with E-state index in [2.05, 4.69) is 10.6 Å². The van der Waals surface area contributed by atoms with Gasteiger partial charge in [0.2, 0.25) is 5.91 Å². The highest BCUT2D eigenvalue weighted by Crippen LogP contribution is 2.22. The topological polar surface area (TPSA) is 103 Å². The summed E-state index contributed by atoms with van der Waals surface area (Å²) in [6.45, 7) is 11.9. The third-order valence-corrected chi connectivity index (χ3v) is 3.98. The molecule has 0 heterocycles. The number of rotatable bonds is 9. The van der Waals surface area contributed by atoms with E-state index < -0.39 is 17.7 Å². The third kappa shape index (κ3) is 8.61. The van der Waals surface area contributed by atoms with Crippen LogP contribution in [0, 0.1) is 13.8 Å². The standard InChI is InChI=1S/C21H35N3O4/c1-14-9-7-10-15(2)18(14)27-13-16(3)23-19(25)17(11-8-12-22)24-20(26)28-21(4,5)6/h7,9-10,16-17H,8,11-13,22H2,1-6H3,(H,23,25)(H,24,26)/t16?,17-/m0/s1. The number of hydrogen-bond acceptors (Lipinski definition) is 5. The number of nitrogens with two attached hydrogens (primary N) is 1. The third-order valence-electron chi connectivity index (χ3n) is 3.98. The van der Waals surface area contributed by atoms with E-state index in [4.69, 9.17) is 15.2 Å². The summed E-state index contributed by atoms with van der Waals surface area (Å²) in [5.41, 5.74) is 7.02. The van der Waals surface area contributed by atoms with Gasteiger partial charge in [0, 0.05) is 0 Å². The van der Waals surface area contributed by atoms with Crippen molar-refractivity contribution in [1.29, 1.82) is 0 Å². The normalized spacial score (nSPS) is 13.4. The lowest BCUT2D eigenvalue weighted by Gasteiger charge is -2.24. The number of nitrogens with one attached hydrogen (secondary N) is 2. The molecule has 2 amide bonds. The largest absolute Gasteiger partial charge is 0.491 e. The first kappa shape index (κ1) is 23.8. The van der Waals surface area contributed by atoms with Crippen LogP contribution in [0.15, 0.2) is 18.2 Å². The lowest BCUT2D eigenvalue weighted by Crippen LogP contribution is -2.51. The van der Waals surface area contributed by atoms with Gasteiger partial charge in [-0.3, -0.25) is 4.79 Å². The zero-order valence-corrected chi connectivity index (χ0v) is 17.9. The fourth-order valence-corrected chi connectivity index (χ4v) is 2.66. The Bertz CT molecular complexity index is 635. The number of ether oxygens (including phenoxy) is 2. The highest BCUT2D eigenvalue weighted by atomic mass is 16.6. The van der Waals surface area contributed by atoms with Crippen LogP contribution in [0.1, 0.15) is 51.7 Å². The summed E-state index contributed by atoms with van der Waals surface area (Å²) < 4.78 is 11.1. The van der Waals surface area contributed by atoms with Crippen molar-refractivity contribution < 1.29 is 19.1 Å². The van der Waals surface area contributed by atoms with Crippen molar-refractivity contribution in [1.82, 2.24) is 10.6 Å². The SMILES string of the molecule is Cc1cccc(C)c1OCC(C)NC(=O)[C@H](CCCN)NC(=O)OC(C)(C)C. The van der Waals surface area contributed by atoms with Crippen LogP contribution in [-0.4, -0.2) is 42.8 Å². The number of alkyl carbamates (subject to hydrolysis) is 1. The van der Waals surface area contributed by atoms with Crippen LogP contribution in [0.5, 0.6) is 5.75 Å². The highest BCUT2D eigenvalue weighted by Gasteiger charge is 2.25. The molecule has 7 nitrogen and oxygen atoms in total. The Morgan fingerprint density at radius 2 is 1.75 bits per heavy atom. The number of aryl methyl sites for hydroxylation is 2. The first-order valence-corrected chi connectivity index (χ1v) is 9.72. The van der Waals surface area contributed by atoms with E-state index in [1.54, 1.807) is 20.8 Å². The van der Waals surface area contributed by atoms with Gasteiger partial charge in [0.15, 0.2) is 0 Å². The molecule has 0 spiro atoms. The summed E-state index contributed by atoms with van der Waals surface area (Å²) in [4.78, 5) is 24.7. The number of amides is 2. The number of carbonyl (C=O) groups excluding carboxylic acids is 2. The Hall–Kier alpha value is -2.28. The summed E-state index contributed by atoms with van der Waals surface area (Å²) in [7, 11) is 0. The van der Waals surface area contributed by atoms with Crippen molar-refractivity contribution >= 4 is 12.0 Å². The second-order valence-electron chi connectivity index (χ2n) is 8.07. The van der Waals surface area contributed by atoms with Gasteiger partial charge in [-0.25, -0.2) is 4.79 Å². The molecule has 158 valence electrons. The maximum absolute atomic E-state index is 12.6. The molecular weight excluding hydrogens is 358 g/mol. The lowest BCUT2D eigenvalue weighted by atomic mass is 10.1. The van der Waals surface area contributed by atoms with Crippen molar-refractivity contribution in [3.05, 3.63) is 29.3 Å². The quantitative estimate of drug-likeness (QED) is 0.599. The number of benzene rings is 1. The van der Waals surface area contributed by atoms with Gasteiger partial charge in [0.1, 0.15) is 24.0 Å². The van der Waals surface area contributed by atoms with Crippen molar-refractivity contribution in [2.24, 2.45) is 5.73 Å². The van der Waals surface area contributed by atoms with E-state index in [9.17, 15) is 9.59 Å². The fourth-order valence-electron chi connectivity index (χ4n) is 2.66. The van der Waals surface area contributed by atoms with Crippen LogP contribution in [0.25, 0.3) is 0 Å². The molecule has 0 radical (unpaired) electrons. The van der Waals surface area contributed by atoms with Crippen LogP contribution >= 0.6 is 0 Å². The predicted octanol–water partition coefficient (Wildman–Crippen LogP) is 2.82. The van der Waals surface area contributed by atoms with Gasteiger partial charge in [0.05, 0.1) is 6.04 Å². The van der Waals surface area contributed by atoms with Crippen molar-refractivity contribution in [2.75, 3.05) is 13.2 Å². The van der Waals surface area contributed by atoms with Crippen molar-refractivity contribution in [3.8, 4) is 5.75 Å². The molecule has 0 aromatic heterocycles. The van der Waals surface area contributed by atoms with Crippen LogP contribution in [0.4, 0.5) is 4.79 Å². The van der Waals surface area contributed by atoms with Crippen LogP contribution in [-0.2, 0) is 9.53 Å². The second-order valence-corrected chi connectivity index (χ2v) is 8.07. The molecule has 1 aromatic rings. The molecule has 1 aromatic carbocycles. The van der Waals surface area contributed by atoms with Crippen LogP contribution < -0.4 is 21.1 Å². The Morgan fingerprint density at radius 1 is 1.14 bits per heavy atom. The maximum Gasteiger partial charge on any atom is 0.408 e. The molecule has 0 bridgehead atoms. The average molecular weight is 394 g/mol. The first-order valence-electron chi connectivity index (χ1n) is 9.72. The minimum atomic E-state index is -0.707. The Morgan fingerprint density at radius 3 is 2.29 bits per heavy atom. The van der Waals surface area contributed by atoms with E-state index in [0.29, 0.717) is 26.0 Å². The number of para-hydroxylation sites is 1. The van der Waals surface area contributed by atoms with E-state index in [0.717, 1.165) is 16.9 Å². The number of hydrogen-bond donors (Lipinski definition) is 3. The van der Waals surface area contributed by atoms with Gasteiger partial charge in [0.25, 0.3) is 0 Å². The molecule has 1 rings (SSSR count). The van der Waals surface area contributed by atoms with Gasteiger partial charge >= 0.3 is 6.09 Å². The molecule has 1 unspecified atom stereocenters. The van der Waals surface area contributed by atoms with Gasteiger partial charge in [-0.15, -0.1) is 0 Å². The summed E-state index contributed by atoms with van der Waals surface area (Å²) in [6.07, 6.45) is 0.428. The molecule has 2 atom stereocenters. The highest BCUT2D eigenvalue weighted by molar-refractivity contribution is 5.85.